The minimum absolute atomic E-state index is 0.0845. The van der Waals surface area contributed by atoms with Crippen LogP contribution in [0, 0.1) is 5.92 Å². The van der Waals surface area contributed by atoms with E-state index in [4.69, 9.17) is 9.26 Å². The van der Waals surface area contributed by atoms with E-state index in [1.165, 1.54) is 0 Å². The van der Waals surface area contributed by atoms with E-state index >= 15 is 0 Å². The van der Waals surface area contributed by atoms with Gasteiger partial charge in [-0.3, -0.25) is 4.79 Å². The third kappa shape index (κ3) is 2.88. The SMILES string of the molecule is COc1cccc(-c2noc(C3CCCCN3C(=O)C3CC3)n2)c1. The van der Waals surface area contributed by atoms with Gasteiger partial charge in [0.15, 0.2) is 0 Å². The molecule has 1 aliphatic heterocycles. The van der Waals surface area contributed by atoms with Gasteiger partial charge in [0.05, 0.1) is 7.11 Å². The van der Waals surface area contributed by atoms with Crippen molar-refractivity contribution in [3.63, 3.8) is 0 Å². The first-order valence-corrected chi connectivity index (χ1v) is 8.55. The van der Waals surface area contributed by atoms with Gasteiger partial charge in [-0.05, 0) is 44.2 Å². The summed E-state index contributed by atoms with van der Waals surface area (Å²) in [5, 5.41) is 4.11. The Labute approximate surface area is 140 Å². The molecule has 1 aliphatic carbocycles. The van der Waals surface area contributed by atoms with E-state index in [9.17, 15) is 4.79 Å². The Morgan fingerprint density at radius 1 is 1.29 bits per heavy atom. The van der Waals surface area contributed by atoms with Gasteiger partial charge in [0.25, 0.3) is 0 Å². The topological polar surface area (TPSA) is 68.5 Å². The zero-order chi connectivity index (χ0) is 16.5. The van der Waals surface area contributed by atoms with Crippen molar-refractivity contribution < 1.29 is 14.1 Å². The summed E-state index contributed by atoms with van der Waals surface area (Å²) in [6.45, 7) is 0.789. The van der Waals surface area contributed by atoms with Gasteiger partial charge in [0.2, 0.25) is 17.6 Å². The van der Waals surface area contributed by atoms with Crippen LogP contribution in [-0.2, 0) is 4.79 Å². The molecule has 0 bridgehead atoms. The molecule has 0 radical (unpaired) electrons. The monoisotopic (exact) mass is 327 g/mol. The molecule has 1 saturated carbocycles. The molecule has 0 N–H and O–H groups in total. The summed E-state index contributed by atoms with van der Waals surface area (Å²) in [7, 11) is 1.63. The molecule has 2 heterocycles. The number of aromatic nitrogens is 2. The van der Waals surface area contributed by atoms with E-state index in [2.05, 4.69) is 10.1 Å². The second-order valence-corrected chi connectivity index (χ2v) is 6.51. The van der Waals surface area contributed by atoms with Crippen LogP contribution >= 0.6 is 0 Å². The zero-order valence-electron chi connectivity index (χ0n) is 13.8. The first-order valence-electron chi connectivity index (χ1n) is 8.55. The van der Waals surface area contributed by atoms with Crippen molar-refractivity contribution in [3.05, 3.63) is 30.2 Å². The van der Waals surface area contributed by atoms with Gasteiger partial charge in [-0.25, -0.2) is 0 Å². The molecular formula is C18H21N3O3. The second-order valence-electron chi connectivity index (χ2n) is 6.51. The molecule has 24 heavy (non-hydrogen) atoms. The van der Waals surface area contributed by atoms with Crippen LogP contribution < -0.4 is 4.74 Å². The van der Waals surface area contributed by atoms with Crippen LogP contribution in [0.5, 0.6) is 5.75 Å². The van der Waals surface area contributed by atoms with Crippen LogP contribution in [0.15, 0.2) is 28.8 Å². The molecule has 1 aromatic carbocycles. The predicted molar refractivity (Wildman–Crippen MR) is 87.3 cm³/mol. The molecular weight excluding hydrogens is 306 g/mol. The average Bonchev–Trinajstić information content (AvgIpc) is 3.38. The molecule has 1 aromatic heterocycles. The van der Waals surface area contributed by atoms with E-state index in [-0.39, 0.29) is 17.9 Å². The fraction of sp³-hybridized carbons (Fsp3) is 0.500. The highest BCUT2D eigenvalue weighted by molar-refractivity contribution is 5.81. The standard InChI is InChI=1S/C18H21N3O3/c1-23-14-6-4-5-13(11-14)16-19-17(24-20-16)15-7-2-3-10-21(15)18(22)12-8-9-12/h4-6,11-12,15H,2-3,7-10H2,1H3. The van der Waals surface area contributed by atoms with Crippen molar-refractivity contribution in [2.45, 2.75) is 38.1 Å². The molecule has 4 rings (SSSR count). The Morgan fingerprint density at radius 2 is 2.17 bits per heavy atom. The molecule has 126 valence electrons. The lowest BCUT2D eigenvalue weighted by Crippen LogP contribution is -2.39. The summed E-state index contributed by atoms with van der Waals surface area (Å²) >= 11 is 0. The summed E-state index contributed by atoms with van der Waals surface area (Å²) in [5.74, 6) is 2.30. The lowest BCUT2D eigenvalue weighted by molar-refractivity contribution is -0.137. The zero-order valence-corrected chi connectivity index (χ0v) is 13.8. The second kappa shape index (κ2) is 6.26. The van der Waals surface area contributed by atoms with Crippen LogP contribution in [0.2, 0.25) is 0 Å². The van der Waals surface area contributed by atoms with Crippen LogP contribution in [0.3, 0.4) is 0 Å². The number of hydrogen-bond acceptors (Lipinski definition) is 5. The third-order valence-corrected chi connectivity index (χ3v) is 4.77. The summed E-state index contributed by atoms with van der Waals surface area (Å²) in [6, 6.07) is 7.49. The summed E-state index contributed by atoms with van der Waals surface area (Å²) in [4.78, 5) is 19.0. The number of carbonyl (C=O) groups is 1. The number of rotatable bonds is 4. The van der Waals surface area contributed by atoms with Gasteiger partial charge < -0.3 is 14.2 Å². The Balaban J connectivity index is 1.59. The highest BCUT2D eigenvalue weighted by Crippen LogP contribution is 2.38. The van der Waals surface area contributed by atoms with Gasteiger partial charge in [0.1, 0.15) is 11.8 Å². The molecule has 6 nitrogen and oxygen atoms in total. The van der Waals surface area contributed by atoms with Crippen molar-refractivity contribution in [2.75, 3.05) is 13.7 Å². The molecule has 6 heteroatoms. The van der Waals surface area contributed by atoms with E-state index < -0.39 is 0 Å². The maximum atomic E-state index is 12.5. The number of nitrogens with zero attached hydrogens (tertiary/aromatic N) is 3. The number of carbonyl (C=O) groups excluding carboxylic acids is 1. The summed E-state index contributed by atoms with van der Waals surface area (Å²) in [5.41, 5.74) is 0.847. The maximum Gasteiger partial charge on any atom is 0.249 e. The lowest BCUT2D eigenvalue weighted by atomic mass is 10.0. The van der Waals surface area contributed by atoms with Gasteiger partial charge in [-0.15, -0.1) is 0 Å². The number of piperidine rings is 1. The van der Waals surface area contributed by atoms with Gasteiger partial charge in [-0.2, -0.15) is 4.98 Å². The number of likely N-dealkylation sites (tertiary alicyclic amines) is 1. The van der Waals surface area contributed by atoms with Crippen LogP contribution in [0.1, 0.15) is 44.0 Å². The number of methoxy groups -OCH3 is 1. The third-order valence-electron chi connectivity index (χ3n) is 4.77. The number of benzene rings is 1. The Kier molecular flexibility index (Phi) is 3.96. The minimum atomic E-state index is -0.0845. The normalized spacial score (nSPS) is 20.9. The first-order chi connectivity index (χ1) is 11.8. The fourth-order valence-electron chi connectivity index (χ4n) is 3.27. The predicted octanol–water partition coefficient (Wildman–Crippen LogP) is 3.21. The summed E-state index contributed by atoms with van der Waals surface area (Å²) in [6.07, 6.45) is 5.04. The van der Waals surface area contributed by atoms with Crippen LogP contribution in [0.25, 0.3) is 11.4 Å². The van der Waals surface area contributed by atoms with E-state index in [1.54, 1.807) is 7.11 Å². The largest absolute Gasteiger partial charge is 0.497 e. The van der Waals surface area contributed by atoms with Crippen molar-refractivity contribution >= 4 is 5.91 Å². The Hall–Kier alpha value is -2.37. The molecule has 2 aliphatic rings. The molecule has 1 saturated heterocycles. The number of hydrogen-bond donors (Lipinski definition) is 0. The minimum Gasteiger partial charge on any atom is -0.497 e. The molecule has 1 amide bonds. The van der Waals surface area contributed by atoms with E-state index in [0.717, 1.165) is 50.0 Å². The van der Waals surface area contributed by atoms with Gasteiger partial charge in [0, 0.05) is 18.0 Å². The number of ether oxygens (including phenoxy) is 1. The highest BCUT2D eigenvalue weighted by Gasteiger charge is 2.39. The maximum absolute atomic E-state index is 12.5. The number of amides is 1. The van der Waals surface area contributed by atoms with Crippen molar-refractivity contribution in [1.29, 1.82) is 0 Å². The molecule has 2 fully saturated rings. The lowest BCUT2D eigenvalue weighted by Gasteiger charge is -2.33. The average molecular weight is 327 g/mol. The van der Waals surface area contributed by atoms with Crippen molar-refractivity contribution in [1.82, 2.24) is 15.0 Å². The van der Waals surface area contributed by atoms with Gasteiger partial charge >= 0.3 is 0 Å². The molecule has 1 atom stereocenters. The molecule has 1 unspecified atom stereocenters. The van der Waals surface area contributed by atoms with Crippen molar-refractivity contribution in [3.8, 4) is 17.1 Å². The van der Waals surface area contributed by atoms with Crippen LogP contribution in [-0.4, -0.2) is 34.6 Å². The molecule has 0 spiro atoms. The van der Waals surface area contributed by atoms with Crippen molar-refractivity contribution in [2.24, 2.45) is 5.92 Å². The quantitative estimate of drug-likeness (QED) is 0.862. The van der Waals surface area contributed by atoms with Crippen LogP contribution in [0.4, 0.5) is 0 Å². The van der Waals surface area contributed by atoms with E-state index in [0.29, 0.717) is 11.7 Å². The smallest absolute Gasteiger partial charge is 0.249 e. The molecule has 2 aromatic rings. The van der Waals surface area contributed by atoms with Gasteiger partial charge in [-0.1, -0.05) is 17.3 Å². The first kappa shape index (κ1) is 15.2. The van der Waals surface area contributed by atoms with E-state index in [1.807, 2.05) is 29.2 Å². The highest BCUT2D eigenvalue weighted by atomic mass is 16.5. The Bertz CT molecular complexity index is 739. The Morgan fingerprint density at radius 3 is 2.96 bits per heavy atom. The fourth-order valence-corrected chi connectivity index (χ4v) is 3.27. The summed E-state index contributed by atoms with van der Waals surface area (Å²) < 4.78 is 10.8.